The van der Waals surface area contributed by atoms with E-state index in [0.717, 1.165) is 20.9 Å². The minimum absolute atomic E-state index is 0.0548. The topological polar surface area (TPSA) is 32.3 Å². The van der Waals surface area contributed by atoms with Gasteiger partial charge in [0.1, 0.15) is 0 Å². The van der Waals surface area contributed by atoms with Gasteiger partial charge in [0.05, 0.1) is 6.04 Å². The summed E-state index contributed by atoms with van der Waals surface area (Å²) in [6, 6.07) is 0.0548. The van der Waals surface area contributed by atoms with Crippen molar-refractivity contribution in [3.8, 4) is 0 Å². The molecule has 0 radical (unpaired) electrons. The summed E-state index contributed by atoms with van der Waals surface area (Å²) >= 11 is 0. The third-order valence-corrected chi connectivity index (χ3v) is 11.3. The Morgan fingerprint density at radius 2 is 2.42 bits per heavy atom. The van der Waals surface area contributed by atoms with E-state index in [-0.39, 0.29) is 19.4 Å². The Balaban J connectivity index is 2.39. The molecule has 6 unspecified atom stereocenters. The summed E-state index contributed by atoms with van der Waals surface area (Å²) in [7, 11) is 8.48. The van der Waals surface area contributed by atoms with Crippen LogP contribution in [0.5, 0.6) is 0 Å². The second-order valence-corrected chi connectivity index (χ2v) is 12.0. The first kappa shape index (κ1) is 11.7. The maximum absolute atomic E-state index is 11.4. The van der Waals surface area contributed by atoms with Crippen LogP contribution in [-0.2, 0) is 4.79 Å². The van der Waals surface area contributed by atoms with E-state index in [1.54, 1.807) is 4.67 Å². The number of nitrogens with one attached hydrogen (secondary N) is 1. The number of hydrogen-bond donors (Lipinski definition) is 1. The van der Waals surface area contributed by atoms with Crippen LogP contribution in [0.3, 0.4) is 0 Å². The van der Waals surface area contributed by atoms with Gasteiger partial charge in [-0.05, 0) is 15.8 Å². The van der Waals surface area contributed by atoms with Crippen molar-refractivity contribution in [2.45, 2.75) is 12.5 Å². The van der Waals surface area contributed by atoms with E-state index in [4.69, 9.17) is 0 Å². The van der Waals surface area contributed by atoms with Gasteiger partial charge in [0.15, 0.2) is 0 Å². The monoisotopic (exact) mass is 260 g/mol. The van der Waals surface area contributed by atoms with Crippen LogP contribution in [0.2, 0.25) is 0 Å². The molecule has 12 heavy (non-hydrogen) atoms. The summed E-state index contributed by atoms with van der Waals surface area (Å²) in [6.07, 6.45) is 0.935. The van der Waals surface area contributed by atoms with Gasteiger partial charge in [0, 0.05) is 14.0 Å². The second kappa shape index (κ2) is 5.46. The van der Waals surface area contributed by atoms with Crippen molar-refractivity contribution in [3.05, 3.63) is 0 Å². The number of amides is 1. The van der Waals surface area contributed by atoms with Gasteiger partial charge in [0.2, 0.25) is 5.91 Å². The summed E-state index contributed by atoms with van der Waals surface area (Å²) < 4.78 is 1.71. The van der Waals surface area contributed by atoms with E-state index in [9.17, 15) is 4.79 Å². The number of carbonyl (C=O) groups excluding carboxylic acids is 1. The average molecular weight is 260 g/mol. The lowest BCUT2D eigenvalue weighted by atomic mass is 10.3. The Labute approximate surface area is 82.5 Å². The molecule has 1 heterocycles. The van der Waals surface area contributed by atoms with Gasteiger partial charge in [-0.2, -0.15) is 0 Å². The van der Waals surface area contributed by atoms with Gasteiger partial charge in [0.25, 0.3) is 0 Å². The molecule has 0 aromatic rings. The zero-order chi connectivity index (χ0) is 9.14. The Bertz CT molecular complexity index is 179. The number of carbonyl (C=O) groups is 1. The molecule has 70 valence electrons. The van der Waals surface area contributed by atoms with Crippen molar-refractivity contribution in [1.82, 2.24) is 9.76 Å². The van der Waals surface area contributed by atoms with E-state index in [1.165, 1.54) is 0 Å². The van der Waals surface area contributed by atoms with Crippen molar-refractivity contribution < 1.29 is 4.79 Å². The lowest BCUT2D eigenvalue weighted by Crippen LogP contribution is -2.30. The first-order chi connectivity index (χ1) is 5.65. The Morgan fingerprint density at radius 3 is 2.83 bits per heavy atom. The Hall–Kier alpha value is 1.58. The van der Waals surface area contributed by atoms with Gasteiger partial charge in [-0.25, -0.2) is 0 Å². The Kier molecular flexibility index (Phi) is 5.30. The lowest BCUT2D eigenvalue weighted by Gasteiger charge is -2.16. The zero-order valence-corrected chi connectivity index (χ0v) is 11.9. The van der Waals surface area contributed by atoms with Crippen LogP contribution in [0.1, 0.15) is 6.42 Å². The molecule has 1 rings (SSSR count). The van der Waals surface area contributed by atoms with Gasteiger partial charge in [-0.1, -0.05) is 16.9 Å². The molecule has 0 aromatic heterocycles. The molecule has 6 atom stereocenters. The standard InChI is InChI=1S/C4H13N2OP5/c7-4-3(1-2-6(4)8)5-12(10)11-9/h3,5,11H,1-2,8-10H2. The first-order valence-electron chi connectivity index (χ1n) is 3.48. The fourth-order valence-corrected chi connectivity index (χ4v) is 3.91. The van der Waals surface area contributed by atoms with Crippen LogP contribution in [0.4, 0.5) is 0 Å². The van der Waals surface area contributed by atoms with E-state index < -0.39 is 0 Å². The number of rotatable bonds is 3. The molecule has 1 N–H and O–H groups in total. The van der Waals surface area contributed by atoms with Gasteiger partial charge < -0.3 is 4.67 Å². The van der Waals surface area contributed by atoms with E-state index >= 15 is 0 Å². The lowest BCUT2D eigenvalue weighted by molar-refractivity contribution is -0.124. The van der Waals surface area contributed by atoms with Crippen LogP contribution in [0.15, 0.2) is 0 Å². The highest BCUT2D eigenvalue weighted by Crippen LogP contribution is 2.63. The molecule has 0 aliphatic carbocycles. The molecule has 1 fully saturated rings. The predicted molar refractivity (Wildman–Crippen MR) is 67.6 cm³/mol. The molecule has 1 amide bonds. The van der Waals surface area contributed by atoms with Gasteiger partial charge >= 0.3 is 0 Å². The third-order valence-electron chi connectivity index (χ3n) is 1.67. The maximum Gasteiger partial charge on any atom is 0.242 e. The van der Waals surface area contributed by atoms with Crippen LogP contribution in [0.25, 0.3) is 0 Å². The summed E-state index contributed by atoms with van der Waals surface area (Å²) in [4.78, 5) is 11.4. The summed E-state index contributed by atoms with van der Waals surface area (Å²) in [5, 5.41) is 3.32. The van der Waals surface area contributed by atoms with Crippen LogP contribution >= 0.6 is 42.7 Å². The van der Waals surface area contributed by atoms with Crippen molar-refractivity contribution >= 4 is 48.6 Å². The van der Waals surface area contributed by atoms with Crippen molar-refractivity contribution in [2.24, 2.45) is 0 Å². The van der Waals surface area contributed by atoms with Crippen LogP contribution in [0, 0.1) is 0 Å². The molecule has 1 aliphatic heterocycles. The summed E-state index contributed by atoms with van der Waals surface area (Å²) in [5.74, 6) is 0.207. The van der Waals surface area contributed by atoms with E-state index in [2.05, 4.69) is 32.3 Å². The molecule has 3 nitrogen and oxygen atoms in total. The van der Waals surface area contributed by atoms with Gasteiger partial charge in [-0.15, -0.1) is 8.93 Å². The van der Waals surface area contributed by atoms with E-state index in [1.807, 2.05) is 0 Å². The first-order valence-corrected chi connectivity index (χ1v) is 10.6. The molecular formula is C4H13N2OP5. The molecule has 0 bridgehead atoms. The molecule has 0 saturated carbocycles. The molecule has 0 spiro atoms. The highest BCUT2D eigenvalue weighted by Gasteiger charge is 2.29. The normalized spacial score (nSPS) is 27.4. The van der Waals surface area contributed by atoms with E-state index in [0.29, 0.717) is 0 Å². The fourth-order valence-electron chi connectivity index (χ4n) is 1.03. The quantitative estimate of drug-likeness (QED) is 0.780. The molecule has 1 saturated heterocycles. The maximum atomic E-state index is 11.4. The largest absolute Gasteiger partial charge is 0.326 e. The summed E-state index contributed by atoms with van der Waals surface area (Å²) in [6.45, 7) is 0.856. The average Bonchev–Trinajstić information content (AvgIpc) is 2.36. The number of nitrogens with zero attached hydrogens (tertiary/aromatic N) is 1. The van der Waals surface area contributed by atoms with Crippen molar-refractivity contribution in [2.75, 3.05) is 6.54 Å². The SMILES string of the molecule is O=C1C(NP(P)PP)CCN1P. The van der Waals surface area contributed by atoms with Gasteiger partial charge in [-0.3, -0.25) is 9.88 Å². The highest BCUT2D eigenvalue weighted by atomic mass is 32.6. The van der Waals surface area contributed by atoms with Crippen molar-refractivity contribution in [1.29, 1.82) is 0 Å². The van der Waals surface area contributed by atoms with Crippen LogP contribution in [-0.4, -0.2) is 23.2 Å². The molecule has 0 aromatic carbocycles. The molecule has 8 heteroatoms. The Morgan fingerprint density at radius 1 is 1.75 bits per heavy atom. The zero-order valence-electron chi connectivity index (χ0n) is 6.53. The molecule has 1 aliphatic rings. The fraction of sp³-hybridized carbons (Fsp3) is 0.750. The second-order valence-electron chi connectivity index (χ2n) is 2.50. The minimum atomic E-state index is -0.234. The van der Waals surface area contributed by atoms with Crippen LogP contribution < -0.4 is 5.09 Å². The minimum Gasteiger partial charge on any atom is -0.326 e. The predicted octanol–water partition coefficient (Wildman–Crippen LogP) is 1.54. The smallest absolute Gasteiger partial charge is 0.242 e. The summed E-state index contributed by atoms with van der Waals surface area (Å²) in [5.41, 5.74) is 0. The number of hydrogen-bond acceptors (Lipinski definition) is 2. The molecular weight excluding hydrogens is 247 g/mol. The van der Waals surface area contributed by atoms with Crippen molar-refractivity contribution in [3.63, 3.8) is 0 Å². The highest BCUT2D eigenvalue weighted by molar-refractivity contribution is 8.60. The third kappa shape index (κ3) is 3.06.